The second-order valence-electron chi connectivity index (χ2n) is 4.10. The highest BCUT2D eigenvalue weighted by atomic mass is 79.9. The van der Waals surface area contributed by atoms with Crippen LogP contribution in [0.25, 0.3) is 0 Å². The Labute approximate surface area is 120 Å². The highest BCUT2D eigenvalue weighted by Gasteiger charge is 2.31. The number of aromatic nitrogens is 1. The van der Waals surface area contributed by atoms with Crippen molar-refractivity contribution in [2.24, 2.45) is 0 Å². The summed E-state index contributed by atoms with van der Waals surface area (Å²) < 4.78 is 26.1. The molecule has 0 spiro atoms. The fourth-order valence-corrected chi connectivity index (χ4v) is 3.45. The molecule has 6 heteroatoms. The summed E-state index contributed by atoms with van der Waals surface area (Å²) in [4.78, 5) is 0. The number of hydrogen-bond acceptors (Lipinski definition) is 3. The molecule has 0 aliphatic rings. The van der Waals surface area contributed by atoms with Crippen LogP contribution in [-0.4, -0.2) is 8.42 Å². The van der Waals surface area contributed by atoms with Gasteiger partial charge in [-0.3, -0.25) is 0 Å². The van der Waals surface area contributed by atoms with Crippen LogP contribution in [0.5, 0.6) is 0 Å². The Balaban J connectivity index is 2.45. The second-order valence-corrected chi connectivity index (χ2v) is 7.23. The lowest BCUT2D eigenvalue weighted by molar-refractivity contribution is -0.646. The zero-order valence-corrected chi connectivity index (χ0v) is 12.6. The molecule has 1 aromatic carbocycles. The van der Waals surface area contributed by atoms with E-state index in [4.69, 9.17) is 0 Å². The largest absolute Gasteiger partial charge is 0.618 e. The van der Waals surface area contributed by atoms with Gasteiger partial charge in [-0.2, -0.15) is 4.73 Å². The third-order valence-electron chi connectivity index (χ3n) is 2.88. The molecule has 0 aliphatic heterocycles. The van der Waals surface area contributed by atoms with E-state index in [-0.39, 0.29) is 5.03 Å². The number of rotatable bonds is 3. The highest BCUT2D eigenvalue weighted by Crippen LogP contribution is 2.27. The maximum absolute atomic E-state index is 12.4. The van der Waals surface area contributed by atoms with Crippen LogP contribution < -0.4 is 4.73 Å². The number of benzene rings is 1. The van der Waals surface area contributed by atoms with Gasteiger partial charge >= 0.3 is 5.03 Å². The molecule has 1 atom stereocenters. The van der Waals surface area contributed by atoms with Crippen molar-refractivity contribution in [2.45, 2.75) is 17.2 Å². The minimum absolute atomic E-state index is 0.231. The van der Waals surface area contributed by atoms with Crippen molar-refractivity contribution < 1.29 is 13.1 Å². The lowest BCUT2D eigenvalue weighted by atomic mass is 10.2. The fraction of sp³-hybridized carbons (Fsp3) is 0.154. The van der Waals surface area contributed by atoms with E-state index in [2.05, 4.69) is 15.9 Å². The maximum Gasteiger partial charge on any atom is 0.309 e. The van der Waals surface area contributed by atoms with E-state index in [0.717, 1.165) is 4.47 Å². The summed E-state index contributed by atoms with van der Waals surface area (Å²) in [6, 6.07) is 11.4. The van der Waals surface area contributed by atoms with E-state index >= 15 is 0 Å². The third kappa shape index (κ3) is 2.79. The lowest BCUT2D eigenvalue weighted by Gasteiger charge is -2.12. The first-order valence-electron chi connectivity index (χ1n) is 5.60. The average Bonchev–Trinajstić information content (AvgIpc) is 2.39. The van der Waals surface area contributed by atoms with Gasteiger partial charge in [0.15, 0.2) is 6.20 Å². The van der Waals surface area contributed by atoms with Crippen molar-refractivity contribution >= 4 is 25.8 Å². The van der Waals surface area contributed by atoms with Gasteiger partial charge in [0.2, 0.25) is 9.84 Å². The number of pyridine rings is 1. The molecule has 0 saturated heterocycles. The molecular formula is C13H12BrNO3S. The molecule has 0 amide bonds. The predicted octanol–water partition coefficient (Wildman–Crippen LogP) is 2.62. The second kappa shape index (κ2) is 5.30. The molecule has 4 nitrogen and oxygen atoms in total. The van der Waals surface area contributed by atoms with Gasteiger partial charge in [0, 0.05) is 16.6 Å². The van der Waals surface area contributed by atoms with E-state index in [1.807, 2.05) is 0 Å². The fourth-order valence-electron chi connectivity index (χ4n) is 1.73. The monoisotopic (exact) mass is 341 g/mol. The Morgan fingerprint density at radius 3 is 2.37 bits per heavy atom. The van der Waals surface area contributed by atoms with Crippen LogP contribution in [0.1, 0.15) is 17.7 Å². The van der Waals surface area contributed by atoms with Gasteiger partial charge in [-0.15, -0.1) is 0 Å². The molecule has 1 aromatic heterocycles. The Morgan fingerprint density at radius 2 is 1.79 bits per heavy atom. The van der Waals surface area contributed by atoms with Crippen LogP contribution in [0.3, 0.4) is 0 Å². The average molecular weight is 342 g/mol. The van der Waals surface area contributed by atoms with Crippen LogP contribution in [0, 0.1) is 5.21 Å². The maximum atomic E-state index is 12.4. The minimum atomic E-state index is -3.70. The van der Waals surface area contributed by atoms with Crippen LogP contribution in [0.4, 0.5) is 0 Å². The number of sulfone groups is 1. The molecule has 0 aliphatic carbocycles. The summed E-state index contributed by atoms with van der Waals surface area (Å²) in [5, 5.41) is 10.6. The lowest BCUT2D eigenvalue weighted by Crippen LogP contribution is -2.34. The van der Waals surface area contributed by atoms with Crippen molar-refractivity contribution in [3.8, 4) is 0 Å². The normalized spacial score (nSPS) is 13.2. The van der Waals surface area contributed by atoms with E-state index in [1.165, 1.54) is 24.4 Å². The van der Waals surface area contributed by atoms with Crippen molar-refractivity contribution in [3.63, 3.8) is 0 Å². The molecular weight excluding hydrogens is 330 g/mol. The molecule has 2 rings (SSSR count). The van der Waals surface area contributed by atoms with Gasteiger partial charge in [-0.05, 0) is 30.7 Å². The van der Waals surface area contributed by atoms with Gasteiger partial charge < -0.3 is 5.21 Å². The topological polar surface area (TPSA) is 61.1 Å². The SMILES string of the molecule is CC(c1ccc(Br)cc1)S(=O)(=O)c1cccc[n+]1[O-]. The van der Waals surface area contributed by atoms with E-state index in [9.17, 15) is 13.6 Å². The molecule has 0 fully saturated rings. The van der Waals surface area contributed by atoms with E-state index < -0.39 is 15.1 Å². The van der Waals surface area contributed by atoms with Crippen LogP contribution in [0.2, 0.25) is 0 Å². The minimum Gasteiger partial charge on any atom is -0.618 e. The molecule has 19 heavy (non-hydrogen) atoms. The standard InChI is InChI=1S/C13H12BrNO3S/c1-10(11-5-7-12(14)8-6-11)19(17,18)13-4-2-3-9-15(13)16/h2-10H,1H3. The highest BCUT2D eigenvalue weighted by molar-refractivity contribution is 9.10. The zero-order valence-electron chi connectivity index (χ0n) is 10.2. The van der Waals surface area contributed by atoms with Crippen LogP contribution in [0.15, 0.2) is 58.2 Å². The van der Waals surface area contributed by atoms with Gasteiger partial charge in [-0.25, -0.2) is 8.42 Å². The van der Waals surface area contributed by atoms with Gasteiger partial charge in [0.05, 0.1) is 5.25 Å². The number of hydrogen-bond donors (Lipinski definition) is 0. The number of nitrogens with zero attached hydrogens (tertiary/aromatic N) is 1. The zero-order chi connectivity index (χ0) is 14.0. The summed E-state index contributed by atoms with van der Waals surface area (Å²) in [5.74, 6) is 0. The first-order chi connectivity index (χ1) is 8.93. The van der Waals surface area contributed by atoms with Crippen molar-refractivity contribution in [2.75, 3.05) is 0 Å². The Bertz CT molecular complexity index is 683. The third-order valence-corrected chi connectivity index (χ3v) is 5.52. The van der Waals surface area contributed by atoms with Gasteiger partial charge in [-0.1, -0.05) is 28.1 Å². The van der Waals surface area contributed by atoms with Crippen LogP contribution >= 0.6 is 15.9 Å². The smallest absolute Gasteiger partial charge is 0.309 e. The van der Waals surface area contributed by atoms with E-state index in [1.54, 1.807) is 31.2 Å². The van der Waals surface area contributed by atoms with Crippen molar-refractivity contribution in [1.82, 2.24) is 0 Å². The quantitative estimate of drug-likeness (QED) is 0.636. The molecule has 0 N–H and O–H groups in total. The Kier molecular flexibility index (Phi) is 3.91. The van der Waals surface area contributed by atoms with Gasteiger partial charge in [0.1, 0.15) is 0 Å². The van der Waals surface area contributed by atoms with Crippen molar-refractivity contribution in [3.05, 3.63) is 63.9 Å². The summed E-state index contributed by atoms with van der Waals surface area (Å²) in [6.07, 6.45) is 1.18. The Morgan fingerprint density at radius 1 is 1.16 bits per heavy atom. The summed E-state index contributed by atoms with van der Waals surface area (Å²) in [7, 11) is -3.70. The number of halogens is 1. The van der Waals surface area contributed by atoms with Gasteiger partial charge in [0.25, 0.3) is 0 Å². The van der Waals surface area contributed by atoms with E-state index in [0.29, 0.717) is 10.3 Å². The summed E-state index contributed by atoms with van der Waals surface area (Å²) >= 11 is 3.30. The summed E-state index contributed by atoms with van der Waals surface area (Å²) in [6.45, 7) is 1.57. The van der Waals surface area contributed by atoms with Crippen molar-refractivity contribution in [1.29, 1.82) is 0 Å². The molecule has 2 aromatic rings. The first-order valence-corrected chi connectivity index (χ1v) is 7.94. The molecule has 0 radical (unpaired) electrons. The first kappa shape index (κ1) is 14.0. The molecule has 0 bridgehead atoms. The summed E-state index contributed by atoms with van der Waals surface area (Å²) in [5.41, 5.74) is 0.645. The molecule has 0 saturated carbocycles. The molecule has 1 unspecified atom stereocenters. The molecule has 100 valence electrons. The predicted molar refractivity (Wildman–Crippen MR) is 75.1 cm³/mol. The molecule has 1 heterocycles. The van der Waals surface area contributed by atoms with Crippen LogP contribution in [-0.2, 0) is 9.84 Å². The Hall–Kier alpha value is -1.40.